The zero-order valence-electron chi connectivity index (χ0n) is 24.8. The van der Waals surface area contributed by atoms with E-state index in [1.807, 2.05) is 21.1 Å². The Morgan fingerprint density at radius 2 is 1.35 bits per heavy atom. The van der Waals surface area contributed by atoms with Crippen LogP contribution in [-0.2, 0) is 37.9 Å². The maximum absolute atomic E-state index is 11.2. The molecule has 0 spiro atoms. The van der Waals surface area contributed by atoms with Gasteiger partial charge in [0.05, 0.1) is 80.6 Å². The van der Waals surface area contributed by atoms with Crippen molar-refractivity contribution in [3.8, 4) is 0 Å². The first kappa shape index (κ1) is 40.6. The summed E-state index contributed by atoms with van der Waals surface area (Å²) in [4.78, 5) is 0. The number of quaternary nitrogens is 1. The molecular formula is C25H50ClNO16. The standard InChI is InChI=1S/C25H50NO16.ClH/c1-26(2,3)10-15(31)12-35-8-9-39-23-18(32)20(17(13-36-14-30)40-24(23)34)42-25-19(33)22(38-7-5-28)21(37-6-4-27)16(11-29)41-25;/h15-25,27-34H,4-14H2,1-3H3;1H/q+1;/p-1. The van der Waals surface area contributed by atoms with Crippen LogP contribution in [0, 0.1) is 0 Å². The number of hydrogen-bond donors (Lipinski definition) is 8. The molecule has 0 aromatic rings. The highest BCUT2D eigenvalue weighted by Crippen LogP contribution is 2.31. The van der Waals surface area contributed by atoms with Gasteiger partial charge in [-0.1, -0.05) is 0 Å². The highest BCUT2D eigenvalue weighted by molar-refractivity contribution is 4.95. The van der Waals surface area contributed by atoms with Crippen LogP contribution in [0.3, 0.4) is 0 Å². The summed E-state index contributed by atoms with van der Waals surface area (Å²) < 4.78 is 44.9. The second-order valence-corrected chi connectivity index (χ2v) is 11.0. The fourth-order valence-electron chi connectivity index (χ4n) is 4.79. The minimum absolute atomic E-state index is 0. The van der Waals surface area contributed by atoms with Crippen molar-refractivity contribution in [2.45, 2.75) is 67.5 Å². The van der Waals surface area contributed by atoms with E-state index < -0.39 is 80.9 Å². The number of aliphatic hydroxyl groups excluding tert-OH is 8. The van der Waals surface area contributed by atoms with Gasteiger partial charge in [0.2, 0.25) is 0 Å². The van der Waals surface area contributed by atoms with Gasteiger partial charge in [-0.2, -0.15) is 0 Å². The Balaban J connectivity index is 0.00000924. The first-order valence-corrected chi connectivity index (χ1v) is 13.9. The van der Waals surface area contributed by atoms with Crippen LogP contribution in [0.1, 0.15) is 0 Å². The number of ether oxygens (including phenoxy) is 8. The van der Waals surface area contributed by atoms with Crippen molar-refractivity contribution >= 4 is 0 Å². The van der Waals surface area contributed by atoms with E-state index in [9.17, 15) is 30.6 Å². The maximum atomic E-state index is 11.2. The third-order valence-corrected chi connectivity index (χ3v) is 6.50. The molecule has 2 rings (SSSR count). The smallest absolute Gasteiger partial charge is 0.187 e. The topological polar surface area (TPSA) is 236 Å². The second kappa shape index (κ2) is 20.7. The summed E-state index contributed by atoms with van der Waals surface area (Å²) in [5, 5.41) is 80.3. The molecule has 2 heterocycles. The van der Waals surface area contributed by atoms with Gasteiger partial charge in [0.25, 0.3) is 0 Å². The molecule has 0 aromatic carbocycles. The molecule has 2 saturated heterocycles. The molecule has 11 atom stereocenters. The minimum atomic E-state index is -1.63. The van der Waals surface area contributed by atoms with Crippen LogP contribution in [0.5, 0.6) is 0 Å². The maximum Gasteiger partial charge on any atom is 0.187 e. The van der Waals surface area contributed by atoms with Crippen LogP contribution < -0.4 is 12.4 Å². The lowest BCUT2D eigenvalue weighted by molar-refractivity contribution is -0.873. The monoisotopic (exact) mass is 655 g/mol. The normalized spacial score (nSPS) is 34.1. The summed E-state index contributed by atoms with van der Waals surface area (Å²) in [5.74, 6) is 0. The van der Waals surface area contributed by atoms with Crippen LogP contribution in [-0.4, -0.2) is 207 Å². The van der Waals surface area contributed by atoms with Crippen molar-refractivity contribution < 1.29 is 95.6 Å². The molecule has 43 heavy (non-hydrogen) atoms. The summed E-state index contributed by atoms with van der Waals surface area (Å²) >= 11 is 0. The summed E-state index contributed by atoms with van der Waals surface area (Å²) in [7, 11) is 5.80. The average molecular weight is 656 g/mol. The van der Waals surface area contributed by atoms with E-state index in [1.54, 1.807) is 0 Å². The van der Waals surface area contributed by atoms with Crippen molar-refractivity contribution in [2.24, 2.45) is 0 Å². The molecule has 0 saturated carbocycles. The molecule has 17 nitrogen and oxygen atoms in total. The van der Waals surface area contributed by atoms with Gasteiger partial charge < -0.3 is 95.6 Å². The summed E-state index contributed by atoms with van der Waals surface area (Å²) in [6.45, 7) is -2.18. The molecule has 2 aliphatic heterocycles. The van der Waals surface area contributed by atoms with Gasteiger partial charge in [0, 0.05) is 0 Å². The number of hydrogen-bond acceptors (Lipinski definition) is 16. The van der Waals surface area contributed by atoms with Crippen LogP contribution in [0.2, 0.25) is 0 Å². The molecule has 0 aromatic heterocycles. The molecule has 0 radical (unpaired) electrons. The van der Waals surface area contributed by atoms with Gasteiger partial charge in [-0.15, -0.1) is 0 Å². The molecular weight excluding hydrogens is 606 g/mol. The average Bonchev–Trinajstić information content (AvgIpc) is 2.93. The SMILES string of the molecule is C[N+](C)(C)CC(O)COCCOC1C(O)OC(COCO)C(OC2OC(CO)C(OCCO)C(OCCO)C2O)C1O.[Cl-]. The van der Waals surface area contributed by atoms with Crippen LogP contribution in [0.4, 0.5) is 0 Å². The van der Waals surface area contributed by atoms with E-state index in [0.717, 1.165) is 0 Å². The van der Waals surface area contributed by atoms with E-state index >= 15 is 0 Å². The number of likely N-dealkylation sites (N-methyl/N-ethyl adjacent to an activating group) is 1. The Morgan fingerprint density at radius 1 is 0.721 bits per heavy atom. The number of nitrogens with zero attached hydrogens (tertiary/aromatic N) is 1. The van der Waals surface area contributed by atoms with Crippen molar-refractivity contribution in [2.75, 3.05) is 93.9 Å². The van der Waals surface area contributed by atoms with Crippen molar-refractivity contribution in [3.63, 3.8) is 0 Å². The predicted octanol–water partition coefficient (Wildman–Crippen LogP) is -8.28. The Bertz CT molecular complexity index is 723. The molecule has 0 amide bonds. The molecule has 8 N–H and O–H groups in total. The van der Waals surface area contributed by atoms with Crippen molar-refractivity contribution in [1.82, 2.24) is 0 Å². The van der Waals surface area contributed by atoms with Gasteiger partial charge in [0.15, 0.2) is 12.6 Å². The van der Waals surface area contributed by atoms with Gasteiger partial charge >= 0.3 is 0 Å². The molecule has 2 aliphatic rings. The van der Waals surface area contributed by atoms with Crippen molar-refractivity contribution in [1.29, 1.82) is 0 Å². The van der Waals surface area contributed by atoms with Crippen molar-refractivity contribution in [3.05, 3.63) is 0 Å². The highest BCUT2D eigenvalue weighted by Gasteiger charge is 2.52. The second-order valence-electron chi connectivity index (χ2n) is 11.0. The zero-order valence-corrected chi connectivity index (χ0v) is 25.6. The Morgan fingerprint density at radius 3 is 1.93 bits per heavy atom. The lowest BCUT2D eigenvalue weighted by Crippen LogP contribution is -3.00. The van der Waals surface area contributed by atoms with Gasteiger partial charge in [0.1, 0.15) is 68.3 Å². The van der Waals surface area contributed by atoms with E-state index in [1.165, 1.54) is 0 Å². The molecule has 0 aliphatic carbocycles. The van der Waals surface area contributed by atoms with Gasteiger partial charge in [-0.3, -0.25) is 0 Å². The zero-order chi connectivity index (χ0) is 31.3. The number of aliphatic hydroxyl groups is 8. The van der Waals surface area contributed by atoms with Crippen LogP contribution in [0.25, 0.3) is 0 Å². The van der Waals surface area contributed by atoms with Gasteiger partial charge in [-0.25, -0.2) is 0 Å². The Kier molecular flexibility index (Phi) is 19.5. The predicted molar refractivity (Wildman–Crippen MR) is 140 cm³/mol. The van der Waals surface area contributed by atoms with E-state index in [2.05, 4.69) is 0 Å². The molecule has 11 unspecified atom stereocenters. The third-order valence-electron chi connectivity index (χ3n) is 6.50. The molecule has 18 heteroatoms. The van der Waals surface area contributed by atoms with Crippen LogP contribution in [0.15, 0.2) is 0 Å². The fraction of sp³-hybridized carbons (Fsp3) is 1.00. The van der Waals surface area contributed by atoms with Crippen LogP contribution >= 0.6 is 0 Å². The Hall–Kier alpha value is -0.390. The molecule has 258 valence electrons. The van der Waals surface area contributed by atoms with E-state index in [0.29, 0.717) is 11.0 Å². The molecule has 2 fully saturated rings. The lowest BCUT2D eigenvalue weighted by atomic mass is 9.96. The Labute approximate surface area is 257 Å². The lowest BCUT2D eigenvalue weighted by Gasteiger charge is -2.47. The fourth-order valence-corrected chi connectivity index (χ4v) is 4.79. The van der Waals surface area contributed by atoms with E-state index in [4.69, 9.17) is 48.1 Å². The summed E-state index contributed by atoms with van der Waals surface area (Å²) in [5.41, 5.74) is 0. The molecule has 0 bridgehead atoms. The summed E-state index contributed by atoms with van der Waals surface area (Å²) in [6, 6.07) is 0. The quantitative estimate of drug-likeness (QED) is 0.0345. The minimum Gasteiger partial charge on any atom is -1.00 e. The highest BCUT2D eigenvalue weighted by atomic mass is 35.5. The first-order valence-electron chi connectivity index (χ1n) is 13.9. The largest absolute Gasteiger partial charge is 1.00 e. The number of halogens is 1. The van der Waals surface area contributed by atoms with E-state index in [-0.39, 0.29) is 65.3 Å². The third kappa shape index (κ3) is 13.1. The summed E-state index contributed by atoms with van der Waals surface area (Å²) in [6.07, 6.45) is -14.1. The number of rotatable bonds is 20. The first-order chi connectivity index (χ1) is 20.0. The van der Waals surface area contributed by atoms with Gasteiger partial charge in [-0.05, 0) is 0 Å².